The van der Waals surface area contributed by atoms with E-state index in [0.29, 0.717) is 45.7 Å². The number of likely N-dealkylation sites (tertiary alicyclic amines) is 1. The number of hydrogen-bond acceptors (Lipinski definition) is 4. The highest BCUT2D eigenvalue weighted by molar-refractivity contribution is 5.98. The summed E-state index contributed by atoms with van der Waals surface area (Å²) in [5, 5.41) is 2.99. The lowest BCUT2D eigenvalue weighted by atomic mass is 10.0. The van der Waals surface area contributed by atoms with Crippen molar-refractivity contribution in [2.75, 3.05) is 26.2 Å². The summed E-state index contributed by atoms with van der Waals surface area (Å²) in [5.41, 5.74) is 4.14. The average molecular weight is 473 g/mol. The lowest BCUT2D eigenvalue weighted by Gasteiger charge is -2.14. The van der Waals surface area contributed by atoms with Crippen LogP contribution < -0.4 is 5.32 Å². The van der Waals surface area contributed by atoms with Gasteiger partial charge < -0.3 is 10.2 Å². The van der Waals surface area contributed by atoms with Crippen LogP contribution in [0.4, 0.5) is 8.78 Å². The van der Waals surface area contributed by atoms with Crippen LogP contribution in [0.25, 0.3) is 33.5 Å². The zero-order valence-corrected chi connectivity index (χ0v) is 19.3. The Morgan fingerprint density at radius 2 is 1.37 bits per heavy atom. The van der Waals surface area contributed by atoms with Gasteiger partial charge in [-0.2, -0.15) is 0 Å². The third kappa shape index (κ3) is 5.35. The van der Waals surface area contributed by atoms with Crippen LogP contribution >= 0.6 is 0 Å². The van der Waals surface area contributed by atoms with Crippen molar-refractivity contribution in [3.8, 4) is 22.5 Å². The van der Waals surface area contributed by atoms with E-state index in [1.165, 1.54) is 37.1 Å². The predicted molar refractivity (Wildman–Crippen MR) is 133 cm³/mol. The molecule has 1 fully saturated rings. The monoisotopic (exact) mass is 472 g/mol. The first-order valence-corrected chi connectivity index (χ1v) is 11.9. The van der Waals surface area contributed by atoms with Gasteiger partial charge in [0, 0.05) is 23.2 Å². The van der Waals surface area contributed by atoms with Crippen LogP contribution in [0, 0.1) is 11.6 Å². The Morgan fingerprint density at radius 3 is 1.97 bits per heavy atom. The molecule has 1 aliphatic heterocycles. The van der Waals surface area contributed by atoms with Gasteiger partial charge in [0.1, 0.15) is 11.6 Å². The molecule has 1 saturated heterocycles. The molecule has 1 amide bonds. The molecular formula is C28H26F2N4O. The number of amides is 1. The van der Waals surface area contributed by atoms with Crippen molar-refractivity contribution in [1.29, 1.82) is 0 Å². The van der Waals surface area contributed by atoms with Gasteiger partial charge in [-0.25, -0.2) is 18.7 Å². The standard InChI is InChI=1S/C28H26F2N4O/c29-22-9-4-19(5-10-22)26-27(20-6-11-23(30)12-7-20)33-25-18-21(8-13-24(25)32-26)28(35)31-14-3-17-34-15-1-2-16-34/h4-13,18H,1-3,14-17H2,(H,31,35). The first-order valence-electron chi connectivity index (χ1n) is 11.9. The smallest absolute Gasteiger partial charge is 0.251 e. The Kier molecular flexibility index (Phi) is 6.77. The van der Waals surface area contributed by atoms with Crippen molar-refractivity contribution >= 4 is 16.9 Å². The van der Waals surface area contributed by atoms with Crippen LogP contribution in [0.1, 0.15) is 29.6 Å². The molecule has 0 aliphatic carbocycles. The molecule has 0 bridgehead atoms. The Hall–Kier alpha value is -3.71. The van der Waals surface area contributed by atoms with E-state index in [2.05, 4.69) is 10.2 Å². The van der Waals surface area contributed by atoms with Crippen LogP contribution in [0.3, 0.4) is 0 Å². The number of benzene rings is 3. The Bertz CT molecular complexity index is 1330. The van der Waals surface area contributed by atoms with Crippen molar-refractivity contribution in [2.24, 2.45) is 0 Å². The summed E-state index contributed by atoms with van der Waals surface area (Å²) in [5.74, 6) is -0.850. The number of carbonyl (C=O) groups is 1. The fraction of sp³-hybridized carbons (Fsp3) is 0.250. The number of hydrogen-bond donors (Lipinski definition) is 1. The second kappa shape index (κ2) is 10.3. The van der Waals surface area contributed by atoms with Crippen molar-refractivity contribution in [3.63, 3.8) is 0 Å². The third-order valence-corrected chi connectivity index (χ3v) is 6.30. The Morgan fingerprint density at radius 1 is 0.800 bits per heavy atom. The Labute approximate surface area is 202 Å². The molecule has 1 N–H and O–H groups in total. The van der Waals surface area contributed by atoms with E-state index in [4.69, 9.17) is 9.97 Å². The topological polar surface area (TPSA) is 58.1 Å². The molecule has 5 nitrogen and oxygen atoms in total. The van der Waals surface area contributed by atoms with Gasteiger partial charge in [-0.15, -0.1) is 0 Å². The maximum absolute atomic E-state index is 13.6. The van der Waals surface area contributed by atoms with E-state index in [1.807, 2.05) is 0 Å². The van der Waals surface area contributed by atoms with E-state index < -0.39 is 0 Å². The van der Waals surface area contributed by atoms with Crippen LogP contribution in [0.15, 0.2) is 66.7 Å². The fourth-order valence-corrected chi connectivity index (χ4v) is 4.43. The van der Waals surface area contributed by atoms with Gasteiger partial charge >= 0.3 is 0 Å². The number of nitrogens with zero attached hydrogens (tertiary/aromatic N) is 3. The minimum absolute atomic E-state index is 0.152. The van der Waals surface area contributed by atoms with Gasteiger partial charge in [0.05, 0.1) is 22.4 Å². The zero-order valence-electron chi connectivity index (χ0n) is 19.3. The molecule has 0 spiro atoms. The second-order valence-corrected chi connectivity index (χ2v) is 8.80. The fourth-order valence-electron chi connectivity index (χ4n) is 4.43. The van der Waals surface area contributed by atoms with Crippen LogP contribution in [0.2, 0.25) is 0 Å². The van der Waals surface area contributed by atoms with Gasteiger partial charge in [-0.1, -0.05) is 0 Å². The minimum atomic E-state index is -0.352. The van der Waals surface area contributed by atoms with E-state index in [9.17, 15) is 13.6 Å². The molecule has 4 aromatic rings. The molecule has 2 heterocycles. The highest BCUT2D eigenvalue weighted by Gasteiger charge is 2.16. The van der Waals surface area contributed by atoms with Crippen LogP contribution in [-0.2, 0) is 0 Å². The van der Waals surface area contributed by atoms with Gasteiger partial charge in [-0.3, -0.25) is 4.79 Å². The van der Waals surface area contributed by atoms with Crippen LogP contribution in [-0.4, -0.2) is 47.0 Å². The zero-order chi connectivity index (χ0) is 24.2. The second-order valence-electron chi connectivity index (χ2n) is 8.80. The summed E-state index contributed by atoms with van der Waals surface area (Å²) in [4.78, 5) is 24.7. The van der Waals surface area contributed by atoms with Crippen molar-refractivity contribution in [2.45, 2.75) is 19.3 Å². The summed E-state index contributed by atoms with van der Waals surface area (Å²) >= 11 is 0. The normalized spacial score (nSPS) is 13.9. The molecule has 5 rings (SSSR count). The first kappa shape index (κ1) is 23.1. The van der Waals surface area contributed by atoms with E-state index >= 15 is 0 Å². The molecule has 0 saturated carbocycles. The van der Waals surface area contributed by atoms with Gasteiger partial charge in [0.15, 0.2) is 0 Å². The molecule has 0 unspecified atom stereocenters. The number of nitrogens with one attached hydrogen (secondary N) is 1. The van der Waals surface area contributed by atoms with Crippen molar-refractivity contribution in [3.05, 3.63) is 83.9 Å². The predicted octanol–water partition coefficient (Wildman–Crippen LogP) is 5.46. The van der Waals surface area contributed by atoms with Crippen molar-refractivity contribution < 1.29 is 13.6 Å². The maximum Gasteiger partial charge on any atom is 0.251 e. The van der Waals surface area contributed by atoms with E-state index in [-0.39, 0.29) is 17.5 Å². The molecule has 1 aromatic heterocycles. The summed E-state index contributed by atoms with van der Waals surface area (Å²) in [7, 11) is 0. The number of rotatable bonds is 7. The number of fused-ring (bicyclic) bond motifs is 1. The summed E-state index contributed by atoms with van der Waals surface area (Å²) in [6, 6.07) is 17.2. The molecular weight excluding hydrogens is 446 g/mol. The minimum Gasteiger partial charge on any atom is -0.352 e. The molecule has 7 heteroatoms. The molecule has 3 aromatic carbocycles. The first-order chi connectivity index (χ1) is 17.1. The van der Waals surface area contributed by atoms with Gasteiger partial charge in [0.25, 0.3) is 5.91 Å². The average Bonchev–Trinajstić information content (AvgIpc) is 3.40. The number of halogens is 2. The SMILES string of the molecule is O=C(NCCCN1CCCC1)c1ccc2nc(-c3ccc(F)cc3)c(-c3ccc(F)cc3)nc2c1. The highest BCUT2D eigenvalue weighted by Crippen LogP contribution is 2.31. The largest absolute Gasteiger partial charge is 0.352 e. The highest BCUT2D eigenvalue weighted by atomic mass is 19.1. The maximum atomic E-state index is 13.6. The van der Waals surface area contributed by atoms with Gasteiger partial charge in [-0.05, 0) is 106 Å². The van der Waals surface area contributed by atoms with E-state index in [1.54, 1.807) is 42.5 Å². The van der Waals surface area contributed by atoms with Crippen LogP contribution in [0.5, 0.6) is 0 Å². The molecule has 0 atom stereocenters. The Balaban J connectivity index is 1.43. The van der Waals surface area contributed by atoms with Crippen molar-refractivity contribution in [1.82, 2.24) is 20.2 Å². The third-order valence-electron chi connectivity index (χ3n) is 6.30. The quantitative estimate of drug-likeness (QED) is 0.363. The molecule has 178 valence electrons. The lowest BCUT2D eigenvalue weighted by Crippen LogP contribution is -2.28. The number of aromatic nitrogens is 2. The molecule has 1 aliphatic rings. The summed E-state index contributed by atoms with van der Waals surface area (Å²) in [6.45, 7) is 3.90. The summed E-state index contributed by atoms with van der Waals surface area (Å²) in [6.07, 6.45) is 3.43. The molecule has 0 radical (unpaired) electrons. The number of carbonyl (C=O) groups excluding carboxylic acids is 1. The van der Waals surface area contributed by atoms with E-state index in [0.717, 1.165) is 26.1 Å². The summed E-state index contributed by atoms with van der Waals surface area (Å²) < 4.78 is 27.1. The van der Waals surface area contributed by atoms with Gasteiger partial charge in [0.2, 0.25) is 0 Å². The molecule has 35 heavy (non-hydrogen) atoms. The lowest BCUT2D eigenvalue weighted by molar-refractivity contribution is 0.0952.